The second-order valence-electron chi connectivity index (χ2n) is 21.0. The van der Waals surface area contributed by atoms with Crippen molar-refractivity contribution in [2.24, 2.45) is 0 Å². The van der Waals surface area contributed by atoms with Crippen LogP contribution in [0.1, 0.15) is 291 Å². The molecule has 0 bridgehead atoms. The number of hydrogen-bond donors (Lipinski definition) is 3. The Morgan fingerprint density at radius 1 is 0.312 bits per heavy atom. The van der Waals surface area contributed by atoms with Crippen LogP contribution in [0.3, 0.4) is 0 Å². The minimum atomic E-state index is -4.93. The molecule has 2 unspecified atom stereocenters. The van der Waals surface area contributed by atoms with Gasteiger partial charge in [0.15, 0.2) is 12.2 Å². The molecule has 19 heteroatoms. The largest absolute Gasteiger partial charge is 0.472 e. The average molecular weight is 1140 g/mol. The number of aliphatic hydroxyl groups excluding tert-OH is 1. The normalized spacial score (nSPS) is 14.3. The number of hydrogen-bond acceptors (Lipinski definition) is 15. The van der Waals surface area contributed by atoms with Crippen molar-refractivity contribution in [2.75, 3.05) is 39.6 Å². The first kappa shape index (κ1) is 75.1. The minimum Gasteiger partial charge on any atom is -0.462 e. The maximum atomic E-state index is 12.9. The van der Waals surface area contributed by atoms with Crippen LogP contribution in [0.4, 0.5) is 0 Å². The first-order chi connectivity index (χ1) is 37.2. The van der Waals surface area contributed by atoms with E-state index in [1.54, 1.807) is 0 Å². The summed E-state index contributed by atoms with van der Waals surface area (Å²) in [6.07, 6.45) is 36.6. The lowest BCUT2D eigenvalue weighted by atomic mass is 10.0. The van der Waals surface area contributed by atoms with Gasteiger partial charge >= 0.3 is 39.5 Å². The molecule has 0 saturated carbocycles. The van der Waals surface area contributed by atoms with Crippen molar-refractivity contribution >= 4 is 39.5 Å². The van der Waals surface area contributed by atoms with E-state index in [0.717, 1.165) is 109 Å². The average Bonchev–Trinajstić information content (AvgIpc) is 3.40. The molecule has 0 amide bonds. The summed E-state index contributed by atoms with van der Waals surface area (Å²) < 4.78 is 67.4. The van der Waals surface area contributed by atoms with Gasteiger partial charge in [0.25, 0.3) is 0 Å². The fourth-order valence-corrected chi connectivity index (χ4v) is 10.2. The van der Waals surface area contributed by atoms with E-state index in [2.05, 4.69) is 27.7 Å². The molecule has 0 rings (SSSR count). The molecule has 0 spiro atoms. The Kier molecular flexibility index (Phi) is 52.0. The Labute approximate surface area is 467 Å². The lowest BCUT2D eigenvalue weighted by molar-refractivity contribution is -0.161. The van der Waals surface area contributed by atoms with Gasteiger partial charge < -0.3 is 33.8 Å². The summed E-state index contributed by atoms with van der Waals surface area (Å²) in [5.74, 6) is -2.16. The SMILES string of the molecule is CCCCCCCCCCCCCCCCCC(=O)O[C@H](COC(=O)CCCCCCCCCCCC)COP(=O)(O)OC[C@@H](O)COP(=O)(O)OC[C@@H](COC(=O)CCCCCCC)OC(=O)CCCCCCCCC. The van der Waals surface area contributed by atoms with Gasteiger partial charge in [-0.05, 0) is 25.7 Å². The van der Waals surface area contributed by atoms with E-state index in [1.807, 2.05) is 0 Å². The molecular weight excluding hydrogens is 1030 g/mol. The molecule has 0 radical (unpaired) electrons. The lowest BCUT2D eigenvalue weighted by Gasteiger charge is -2.21. The standard InChI is InChI=1S/C58H112O17P2/c1-5-9-13-17-20-22-24-25-26-27-28-30-33-37-41-45-58(63)75-54(49-69-56(61)43-39-35-32-29-23-21-18-14-10-6-2)51-73-77(66,67)71-47-52(59)46-70-76(64,65)72-50-53(48-68-55(60)42-38-34-16-12-8-4)74-57(62)44-40-36-31-19-15-11-7-3/h52-54,59H,5-51H2,1-4H3,(H,64,65)(H,66,67)/t52-,53+,54+/m0/s1. The van der Waals surface area contributed by atoms with E-state index in [9.17, 15) is 43.2 Å². The van der Waals surface area contributed by atoms with Crippen LogP contribution < -0.4 is 0 Å². The zero-order valence-electron chi connectivity index (χ0n) is 48.9. The number of ether oxygens (including phenoxy) is 4. The molecule has 0 saturated heterocycles. The molecule has 0 aliphatic heterocycles. The van der Waals surface area contributed by atoms with E-state index < -0.39 is 97.5 Å². The van der Waals surface area contributed by atoms with Gasteiger partial charge in [-0.1, -0.05) is 240 Å². The molecule has 0 aliphatic carbocycles. The van der Waals surface area contributed by atoms with Crippen molar-refractivity contribution < 1.29 is 80.2 Å². The minimum absolute atomic E-state index is 0.103. The number of carbonyl (C=O) groups is 4. The molecule has 0 aromatic heterocycles. The molecule has 0 fully saturated rings. The zero-order chi connectivity index (χ0) is 56.9. The maximum absolute atomic E-state index is 12.9. The van der Waals surface area contributed by atoms with Crippen molar-refractivity contribution in [1.29, 1.82) is 0 Å². The summed E-state index contributed by atoms with van der Waals surface area (Å²) in [4.78, 5) is 71.5. The molecule has 5 atom stereocenters. The Balaban J connectivity index is 5.14. The van der Waals surface area contributed by atoms with Crippen molar-refractivity contribution in [1.82, 2.24) is 0 Å². The van der Waals surface area contributed by atoms with Crippen molar-refractivity contribution in [2.45, 2.75) is 309 Å². The van der Waals surface area contributed by atoms with E-state index in [-0.39, 0.29) is 25.7 Å². The van der Waals surface area contributed by atoms with Gasteiger partial charge in [-0.2, -0.15) is 0 Å². The number of rotatable bonds is 59. The summed E-state index contributed by atoms with van der Waals surface area (Å²) >= 11 is 0. The molecule has 0 aromatic carbocycles. The summed E-state index contributed by atoms with van der Waals surface area (Å²) in [7, 11) is -9.86. The van der Waals surface area contributed by atoms with Crippen LogP contribution in [0.2, 0.25) is 0 Å². The predicted molar refractivity (Wildman–Crippen MR) is 303 cm³/mol. The fraction of sp³-hybridized carbons (Fsp3) is 0.931. The van der Waals surface area contributed by atoms with Crippen molar-refractivity contribution in [3.05, 3.63) is 0 Å². The van der Waals surface area contributed by atoms with Gasteiger partial charge in [-0.15, -0.1) is 0 Å². The van der Waals surface area contributed by atoms with Gasteiger partial charge in [0.05, 0.1) is 26.4 Å². The summed E-state index contributed by atoms with van der Waals surface area (Å²) in [5.41, 5.74) is 0. The highest BCUT2D eigenvalue weighted by Crippen LogP contribution is 2.45. The molecule has 0 aromatic rings. The van der Waals surface area contributed by atoms with Crippen LogP contribution in [0.25, 0.3) is 0 Å². The number of phosphoric acid groups is 2. The first-order valence-corrected chi connectivity index (χ1v) is 33.8. The highest BCUT2D eigenvalue weighted by molar-refractivity contribution is 7.47. The molecule has 0 aliphatic rings. The Morgan fingerprint density at radius 3 is 0.766 bits per heavy atom. The third-order valence-corrected chi connectivity index (χ3v) is 15.3. The van der Waals surface area contributed by atoms with Gasteiger partial charge in [-0.25, -0.2) is 9.13 Å². The van der Waals surface area contributed by atoms with Crippen LogP contribution in [-0.2, 0) is 65.4 Å². The van der Waals surface area contributed by atoms with E-state index in [0.29, 0.717) is 25.7 Å². The maximum Gasteiger partial charge on any atom is 0.472 e. The molecule has 17 nitrogen and oxygen atoms in total. The fourth-order valence-electron chi connectivity index (χ4n) is 8.57. The monoisotopic (exact) mass is 1140 g/mol. The van der Waals surface area contributed by atoms with Gasteiger partial charge in [0, 0.05) is 25.7 Å². The number of aliphatic hydroxyl groups is 1. The number of unbranched alkanes of at least 4 members (excludes halogenated alkanes) is 33. The summed E-state index contributed by atoms with van der Waals surface area (Å²) in [5, 5.41) is 10.5. The van der Waals surface area contributed by atoms with E-state index >= 15 is 0 Å². The Morgan fingerprint density at radius 2 is 0.519 bits per heavy atom. The van der Waals surface area contributed by atoms with Crippen molar-refractivity contribution in [3.63, 3.8) is 0 Å². The van der Waals surface area contributed by atoms with Crippen LogP contribution >= 0.6 is 15.6 Å². The quantitative estimate of drug-likeness (QED) is 0.0222. The summed E-state index contributed by atoms with van der Waals surface area (Å²) in [6.45, 7) is 4.71. The van der Waals surface area contributed by atoms with Crippen LogP contribution in [0.5, 0.6) is 0 Å². The predicted octanol–water partition coefficient (Wildman–Crippen LogP) is 15.6. The smallest absolute Gasteiger partial charge is 0.462 e. The molecule has 77 heavy (non-hydrogen) atoms. The van der Waals surface area contributed by atoms with E-state index in [4.69, 9.17) is 37.0 Å². The number of carbonyl (C=O) groups excluding carboxylic acids is 4. The highest BCUT2D eigenvalue weighted by Gasteiger charge is 2.30. The molecular formula is C58H112O17P2. The van der Waals surface area contributed by atoms with Crippen LogP contribution in [0.15, 0.2) is 0 Å². The summed E-state index contributed by atoms with van der Waals surface area (Å²) in [6, 6.07) is 0. The number of esters is 4. The topological polar surface area (TPSA) is 237 Å². The first-order valence-electron chi connectivity index (χ1n) is 30.8. The highest BCUT2D eigenvalue weighted by atomic mass is 31.2. The molecule has 3 N–H and O–H groups in total. The zero-order valence-corrected chi connectivity index (χ0v) is 50.7. The van der Waals surface area contributed by atoms with Gasteiger partial charge in [-0.3, -0.25) is 37.3 Å². The van der Waals surface area contributed by atoms with Gasteiger partial charge in [0.1, 0.15) is 19.3 Å². The molecule has 456 valence electrons. The van der Waals surface area contributed by atoms with Crippen LogP contribution in [-0.4, -0.2) is 96.7 Å². The Hall–Kier alpha value is -1.94. The van der Waals surface area contributed by atoms with E-state index in [1.165, 1.54) is 103 Å². The third kappa shape index (κ3) is 53.2. The van der Waals surface area contributed by atoms with Crippen molar-refractivity contribution in [3.8, 4) is 0 Å². The Bertz CT molecular complexity index is 1500. The van der Waals surface area contributed by atoms with Crippen LogP contribution in [0, 0.1) is 0 Å². The van der Waals surface area contributed by atoms with Gasteiger partial charge in [0.2, 0.25) is 0 Å². The second-order valence-corrected chi connectivity index (χ2v) is 23.9. The third-order valence-electron chi connectivity index (χ3n) is 13.4. The second kappa shape index (κ2) is 53.4. The molecule has 0 heterocycles. The lowest BCUT2D eigenvalue weighted by Crippen LogP contribution is -2.30. The number of phosphoric ester groups is 2.